The van der Waals surface area contributed by atoms with Crippen molar-refractivity contribution in [2.75, 3.05) is 0 Å². The molecule has 1 aromatic heterocycles. The van der Waals surface area contributed by atoms with Crippen molar-refractivity contribution < 1.29 is 5.11 Å². The van der Waals surface area contributed by atoms with E-state index in [-0.39, 0.29) is 11.4 Å². The number of aromatic hydroxyl groups is 1. The second-order valence-electron chi connectivity index (χ2n) is 4.92. The highest BCUT2D eigenvalue weighted by Crippen LogP contribution is 2.17. The summed E-state index contributed by atoms with van der Waals surface area (Å²) >= 11 is 0. The van der Waals surface area contributed by atoms with Crippen LogP contribution in [0.15, 0.2) is 52.3 Å². The van der Waals surface area contributed by atoms with E-state index in [1.54, 1.807) is 53.7 Å². The van der Waals surface area contributed by atoms with Gasteiger partial charge in [0.25, 0.3) is 0 Å². The van der Waals surface area contributed by atoms with Gasteiger partial charge >= 0.3 is 5.69 Å². The van der Waals surface area contributed by atoms with Crippen LogP contribution >= 0.6 is 0 Å². The molecule has 1 heterocycles. The minimum absolute atomic E-state index is 0.0439. The molecule has 1 N–H and O–H groups in total. The van der Waals surface area contributed by atoms with Crippen LogP contribution < -0.4 is 5.69 Å². The van der Waals surface area contributed by atoms with Crippen LogP contribution in [0.5, 0.6) is 5.75 Å². The molecular formula is C16H15N3O2. The molecule has 5 nitrogen and oxygen atoms in total. The molecule has 0 aliphatic carbocycles. The van der Waals surface area contributed by atoms with Crippen LogP contribution in [0.25, 0.3) is 11.0 Å². The highest BCUT2D eigenvalue weighted by molar-refractivity contribution is 5.88. The van der Waals surface area contributed by atoms with Gasteiger partial charge in [-0.05, 0) is 42.0 Å². The third-order valence-electron chi connectivity index (χ3n) is 3.51. The lowest BCUT2D eigenvalue weighted by atomic mass is 10.2. The molecule has 0 unspecified atom stereocenters. The Balaban J connectivity index is 2.00. The van der Waals surface area contributed by atoms with Gasteiger partial charge in [-0.15, -0.1) is 0 Å². The van der Waals surface area contributed by atoms with Gasteiger partial charge in [-0.3, -0.25) is 14.1 Å². The maximum atomic E-state index is 11.9. The molecule has 3 aromatic rings. The van der Waals surface area contributed by atoms with Gasteiger partial charge < -0.3 is 5.11 Å². The maximum absolute atomic E-state index is 11.9. The van der Waals surface area contributed by atoms with E-state index in [9.17, 15) is 9.90 Å². The summed E-state index contributed by atoms with van der Waals surface area (Å²) in [6.07, 6.45) is 1.74. The minimum atomic E-state index is -0.0439. The quantitative estimate of drug-likeness (QED) is 0.733. The van der Waals surface area contributed by atoms with Gasteiger partial charge in [0.1, 0.15) is 5.75 Å². The van der Waals surface area contributed by atoms with E-state index >= 15 is 0 Å². The van der Waals surface area contributed by atoms with Crippen LogP contribution in [0.2, 0.25) is 0 Å². The molecule has 0 atom stereocenters. The Hall–Kier alpha value is -2.82. The average molecular weight is 281 g/mol. The molecule has 3 rings (SSSR count). The Morgan fingerprint density at radius 2 is 1.67 bits per heavy atom. The Morgan fingerprint density at radius 3 is 2.38 bits per heavy atom. The van der Waals surface area contributed by atoms with Crippen LogP contribution in [0.1, 0.15) is 5.56 Å². The molecule has 5 heteroatoms. The number of hydrogen-bond donors (Lipinski definition) is 1. The fourth-order valence-electron chi connectivity index (χ4n) is 2.29. The van der Waals surface area contributed by atoms with Crippen LogP contribution in [-0.4, -0.2) is 20.5 Å². The Morgan fingerprint density at radius 1 is 1.00 bits per heavy atom. The number of imidazole rings is 1. The molecule has 2 aromatic carbocycles. The smallest absolute Gasteiger partial charge is 0.328 e. The Labute approximate surface area is 121 Å². The molecule has 106 valence electrons. The summed E-state index contributed by atoms with van der Waals surface area (Å²) in [5.74, 6) is 0.217. The second kappa shape index (κ2) is 4.94. The van der Waals surface area contributed by atoms with E-state index < -0.39 is 0 Å². The van der Waals surface area contributed by atoms with E-state index in [1.807, 2.05) is 18.2 Å². The molecule has 0 radical (unpaired) electrons. The predicted octanol–water partition coefficient (Wildman–Crippen LogP) is 2.33. The zero-order chi connectivity index (χ0) is 15.0. The number of aliphatic imine (C=N–C) groups is 1. The van der Waals surface area contributed by atoms with E-state index in [0.29, 0.717) is 0 Å². The van der Waals surface area contributed by atoms with Crippen LogP contribution in [-0.2, 0) is 14.1 Å². The number of fused-ring (bicyclic) bond motifs is 1. The normalized spacial score (nSPS) is 11.5. The maximum Gasteiger partial charge on any atom is 0.328 e. The summed E-state index contributed by atoms with van der Waals surface area (Å²) in [5, 5.41) is 9.23. The molecule has 0 spiro atoms. The monoisotopic (exact) mass is 281 g/mol. The lowest BCUT2D eigenvalue weighted by Crippen LogP contribution is -2.19. The van der Waals surface area contributed by atoms with E-state index in [4.69, 9.17) is 0 Å². The standard InChI is InChI=1S/C16H15N3O2/c1-18-14-8-3-11(9-15(14)19(2)16(18)21)10-17-12-4-6-13(20)7-5-12/h3-10,20H,1-2H3. The van der Waals surface area contributed by atoms with Gasteiger partial charge in [-0.2, -0.15) is 0 Å². The van der Waals surface area contributed by atoms with Gasteiger partial charge in [-0.25, -0.2) is 4.79 Å². The summed E-state index contributed by atoms with van der Waals surface area (Å²) in [6, 6.07) is 12.4. The van der Waals surface area contributed by atoms with Crippen molar-refractivity contribution in [1.82, 2.24) is 9.13 Å². The van der Waals surface area contributed by atoms with Gasteiger partial charge in [0.05, 0.1) is 16.7 Å². The number of aryl methyl sites for hydroxylation is 2. The van der Waals surface area contributed by atoms with Gasteiger partial charge in [0.2, 0.25) is 0 Å². The van der Waals surface area contributed by atoms with Crippen molar-refractivity contribution in [3.63, 3.8) is 0 Å². The lowest BCUT2D eigenvalue weighted by Gasteiger charge is -1.98. The first-order valence-electron chi connectivity index (χ1n) is 6.55. The van der Waals surface area contributed by atoms with Gasteiger partial charge in [0, 0.05) is 20.3 Å². The molecule has 0 amide bonds. The van der Waals surface area contributed by atoms with Crippen molar-refractivity contribution in [1.29, 1.82) is 0 Å². The van der Waals surface area contributed by atoms with Crippen molar-refractivity contribution in [2.24, 2.45) is 19.1 Å². The van der Waals surface area contributed by atoms with Gasteiger partial charge in [-0.1, -0.05) is 6.07 Å². The molecule has 0 aliphatic rings. The molecule has 0 saturated heterocycles. The van der Waals surface area contributed by atoms with Crippen molar-refractivity contribution in [3.8, 4) is 5.75 Å². The first-order valence-corrected chi connectivity index (χ1v) is 6.55. The molecular weight excluding hydrogens is 266 g/mol. The molecule has 0 saturated carbocycles. The highest BCUT2D eigenvalue weighted by atomic mass is 16.3. The number of rotatable bonds is 2. The second-order valence-corrected chi connectivity index (χ2v) is 4.92. The topological polar surface area (TPSA) is 59.5 Å². The number of nitrogens with zero attached hydrogens (tertiary/aromatic N) is 3. The number of phenols is 1. The number of hydrogen-bond acceptors (Lipinski definition) is 3. The van der Waals surface area contributed by atoms with Crippen molar-refractivity contribution in [3.05, 3.63) is 58.5 Å². The Kier molecular flexibility index (Phi) is 3.10. The number of benzene rings is 2. The lowest BCUT2D eigenvalue weighted by molar-refractivity contribution is 0.475. The van der Waals surface area contributed by atoms with Crippen molar-refractivity contribution >= 4 is 22.9 Å². The molecule has 0 fully saturated rings. The summed E-state index contributed by atoms with van der Waals surface area (Å²) in [6.45, 7) is 0. The minimum Gasteiger partial charge on any atom is -0.508 e. The Bertz CT molecular complexity index is 886. The SMILES string of the molecule is Cn1c(=O)n(C)c2cc(C=Nc3ccc(O)cc3)ccc21. The zero-order valence-corrected chi connectivity index (χ0v) is 11.8. The molecule has 0 bridgehead atoms. The molecule has 21 heavy (non-hydrogen) atoms. The average Bonchev–Trinajstić information content (AvgIpc) is 2.71. The molecule has 0 aliphatic heterocycles. The summed E-state index contributed by atoms with van der Waals surface area (Å²) in [4.78, 5) is 16.2. The summed E-state index contributed by atoms with van der Waals surface area (Å²) in [7, 11) is 3.51. The third kappa shape index (κ3) is 2.33. The zero-order valence-electron chi connectivity index (χ0n) is 11.8. The van der Waals surface area contributed by atoms with Crippen LogP contribution in [0.4, 0.5) is 5.69 Å². The van der Waals surface area contributed by atoms with Gasteiger partial charge in [0.15, 0.2) is 0 Å². The largest absolute Gasteiger partial charge is 0.508 e. The summed E-state index contributed by atoms with van der Waals surface area (Å²) < 4.78 is 3.24. The van der Waals surface area contributed by atoms with Crippen molar-refractivity contribution in [2.45, 2.75) is 0 Å². The highest BCUT2D eigenvalue weighted by Gasteiger charge is 2.07. The van der Waals surface area contributed by atoms with E-state index in [1.165, 1.54) is 0 Å². The first-order chi connectivity index (χ1) is 10.1. The summed E-state index contributed by atoms with van der Waals surface area (Å²) in [5.41, 5.74) is 3.39. The van der Waals surface area contributed by atoms with Crippen LogP contribution in [0, 0.1) is 0 Å². The fraction of sp³-hybridized carbons (Fsp3) is 0.125. The fourth-order valence-corrected chi connectivity index (χ4v) is 2.29. The first kappa shape index (κ1) is 13.2. The number of phenolic OH excluding ortho intramolecular Hbond substituents is 1. The third-order valence-corrected chi connectivity index (χ3v) is 3.51. The van der Waals surface area contributed by atoms with E-state index in [0.717, 1.165) is 22.3 Å². The van der Waals surface area contributed by atoms with Crippen LogP contribution in [0.3, 0.4) is 0 Å². The van der Waals surface area contributed by atoms with E-state index in [2.05, 4.69) is 4.99 Å². The number of aromatic nitrogens is 2. The predicted molar refractivity (Wildman–Crippen MR) is 83.5 cm³/mol.